The van der Waals surface area contributed by atoms with Gasteiger partial charge >= 0.3 is 6.09 Å². The van der Waals surface area contributed by atoms with Crippen molar-refractivity contribution in [2.45, 2.75) is 45.9 Å². The average Bonchev–Trinajstić information content (AvgIpc) is 3.00. The molecule has 25 heavy (non-hydrogen) atoms. The lowest BCUT2D eigenvalue weighted by atomic mass is 10.2. The van der Waals surface area contributed by atoms with E-state index in [1.54, 1.807) is 27.7 Å². The van der Waals surface area contributed by atoms with Gasteiger partial charge in [-0.25, -0.2) is 9.78 Å². The molecule has 0 aliphatic carbocycles. The summed E-state index contributed by atoms with van der Waals surface area (Å²) in [6, 6.07) is 9.16. The van der Waals surface area contributed by atoms with Crippen molar-refractivity contribution in [2.24, 2.45) is 0 Å². The number of carbonyl (C=O) groups is 2. The van der Waals surface area contributed by atoms with Gasteiger partial charge in [-0.05, 0) is 27.7 Å². The summed E-state index contributed by atoms with van der Waals surface area (Å²) >= 11 is 1.48. The highest BCUT2D eigenvalue weighted by atomic mass is 32.1. The molecule has 1 atom stereocenters. The van der Waals surface area contributed by atoms with E-state index in [0.717, 1.165) is 16.3 Å². The fraction of sp³-hybridized carbons (Fsp3) is 0.389. The molecule has 0 aliphatic rings. The molecule has 1 aromatic carbocycles. The topological polar surface area (TPSA) is 80.3 Å². The van der Waals surface area contributed by atoms with E-state index in [1.807, 2.05) is 35.7 Å². The molecule has 2 rings (SSSR count). The number of benzene rings is 1. The number of amides is 2. The molecule has 0 bridgehead atoms. The summed E-state index contributed by atoms with van der Waals surface area (Å²) in [5, 5.41) is 8.04. The van der Waals surface area contributed by atoms with E-state index < -0.39 is 17.7 Å². The van der Waals surface area contributed by atoms with Gasteiger partial charge in [0.05, 0.1) is 12.2 Å². The number of ether oxygens (including phenoxy) is 1. The Bertz CT molecular complexity index is 723. The Kier molecular flexibility index (Phi) is 6.14. The number of thiazole rings is 1. The van der Waals surface area contributed by atoms with Crippen LogP contribution in [0.15, 0.2) is 35.7 Å². The Morgan fingerprint density at radius 1 is 1.24 bits per heavy atom. The fourth-order valence-electron chi connectivity index (χ4n) is 2.00. The molecule has 0 fully saturated rings. The quantitative estimate of drug-likeness (QED) is 0.856. The molecule has 0 radical (unpaired) electrons. The van der Waals surface area contributed by atoms with Gasteiger partial charge in [-0.1, -0.05) is 30.3 Å². The number of carbonyl (C=O) groups excluding carboxylic acids is 2. The van der Waals surface area contributed by atoms with Crippen LogP contribution in [0.3, 0.4) is 0 Å². The van der Waals surface area contributed by atoms with Crippen molar-refractivity contribution in [2.75, 3.05) is 0 Å². The third kappa shape index (κ3) is 6.19. The van der Waals surface area contributed by atoms with Crippen LogP contribution in [0.1, 0.15) is 32.7 Å². The SMILES string of the molecule is C[C@@H](NC(=O)OC(C)(C)C)C(=O)NCc1nc(-c2ccccc2)cs1. The second kappa shape index (κ2) is 8.11. The van der Waals surface area contributed by atoms with E-state index >= 15 is 0 Å². The molecule has 0 saturated heterocycles. The van der Waals surface area contributed by atoms with Gasteiger partial charge in [0, 0.05) is 10.9 Å². The number of hydrogen-bond donors (Lipinski definition) is 2. The van der Waals surface area contributed by atoms with Crippen molar-refractivity contribution in [3.63, 3.8) is 0 Å². The molecule has 2 amide bonds. The Morgan fingerprint density at radius 2 is 1.92 bits per heavy atom. The standard InChI is InChI=1S/C18H23N3O3S/c1-12(20-17(23)24-18(2,3)4)16(22)19-10-15-21-14(11-25-15)13-8-6-5-7-9-13/h5-9,11-12H,10H2,1-4H3,(H,19,22)(H,20,23)/t12-/m1/s1. The van der Waals surface area contributed by atoms with Crippen molar-refractivity contribution in [3.05, 3.63) is 40.7 Å². The van der Waals surface area contributed by atoms with E-state index in [9.17, 15) is 9.59 Å². The van der Waals surface area contributed by atoms with Gasteiger partial charge in [-0.2, -0.15) is 0 Å². The fourth-order valence-corrected chi connectivity index (χ4v) is 2.74. The predicted molar refractivity (Wildman–Crippen MR) is 98.2 cm³/mol. The monoisotopic (exact) mass is 361 g/mol. The Labute approximate surface area is 151 Å². The van der Waals surface area contributed by atoms with Gasteiger partial charge in [-0.3, -0.25) is 4.79 Å². The van der Waals surface area contributed by atoms with Gasteiger partial charge in [0.1, 0.15) is 16.7 Å². The van der Waals surface area contributed by atoms with Gasteiger partial charge in [0.15, 0.2) is 0 Å². The van der Waals surface area contributed by atoms with Gasteiger partial charge < -0.3 is 15.4 Å². The van der Waals surface area contributed by atoms with Crippen LogP contribution in [-0.2, 0) is 16.1 Å². The number of aromatic nitrogens is 1. The molecule has 1 aromatic heterocycles. The predicted octanol–water partition coefficient (Wildman–Crippen LogP) is 3.34. The largest absolute Gasteiger partial charge is 0.444 e. The molecule has 2 N–H and O–H groups in total. The van der Waals surface area contributed by atoms with E-state index in [2.05, 4.69) is 15.6 Å². The molecule has 7 heteroatoms. The maximum Gasteiger partial charge on any atom is 0.408 e. The summed E-state index contributed by atoms with van der Waals surface area (Å²) in [5.41, 5.74) is 1.32. The van der Waals surface area contributed by atoms with E-state index in [0.29, 0.717) is 6.54 Å². The highest BCUT2D eigenvalue weighted by Crippen LogP contribution is 2.21. The van der Waals surface area contributed by atoms with E-state index in [-0.39, 0.29) is 5.91 Å². The van der Waals surface area contributed by atoms with E-state index in [4.69, 9.17) is 4.74 Å². The first kappa shape index (κ1) is 18.9. The highest BCUT2D eigenvalue weighted by molar-refractivity contribution is 7.09. The van der Waals surface area contributed by atoms with Crippen LogP contribution in [0, 0.1) is 0 Å². The molecule has 1 heterocycles. The lowest BCUT2D eigenvalue weighted by Crippen LogP contribution is -2.46. The minimum absolute atomic E-state index is 0.290. The molecular formula is C18H23N3O3S. The van der Waals surface area contributed by atoms with Crippen LogP contribution in [-0.4, -0.2) is 28.6 Å². The Balaban J connectivity index is 1.84. The van der Waals surface area contributed by atoms with Gasteiger partial charge in [0.2, 0.25) is 5.91 Å². The van der Waals surface area contributed by atoms with Crippen molar-refractivity contribution < 1.29 is 14.3 Å². The third-order valence-corrected chi connectivity index (χ3v) is 4.01. The molecule has 2 aromatic rings. The van der Waals surface area contributed by atoms with Crippen molar-refractivity contribution in [1.29, 1.82) is 0 Å². The summed E-state index contributed by atoms with van der Waals surface area (Å²) in [6.07, 6.45) is -0.615. The zero-order chi connectivity index (χ0) is 18.4. The molecule has 0 aliphatic heterocycles. The Hall–Kier alpha value is -2.41. The van der Waals surface area contributed by atoms with Crippen LogP contribution in [0.25, 0.3) is 11.3 Å². The maximum absolute atomic E-state index is 12.1. The highest BCUT2D eigenvalue weighted by Gasteiger charge is 2.21. The van der Waals surface area contributed by atoms with Gasteiger partial charge in [0.25, 0.3) is 0 Å². The van der Waals surface area contributed by atoms with Gasteiger partial charge in [-0.15, -0.1) is 11.3 Å². The first-order valence-electron chi connectivity index (χ1n) is 8.01. The van der Waals surface area contributed by atoms with Crippen LogP contribution in [0.5, 0.6) is 0 Å². The second-order valence-corrected chi connectivity index (χ2v) is 7.52. The minimum atomic E-state index is -0.691. The minimum Gasteiger partial charge on any atom is -0.444 e. The number of nitrogens with one attached hydrogen (secondary N) is 2. The number of nitrogens with zero attached hydrogens (tertiary/aromatic N) is 1. The summed E-state index contributed by atoms with van der Waals surface area (Å²) in [6.45, 7) is 7.23. The van der Waals surface area contributed by atoms with Crippen molar-refractivity contribution >= 4 is 23.3 Å². The van der Waals surface area contributed by atoms with E-state index in [1.165, 1.54) is 11.3 Å². The molecule has 134 valence electrons. The average molecular weight is 361 g/mol. The van der Waals surface area contributed by atoms with Crippen LogP contribution < -0.4 is 10.6 Å². The smallest absolute Gasteiger partial charge is 0.408 e. The second-order valence-electron chi connectivity index (χ2n) is 6.58. The Morgan fingerprint density at radius 3 is 2.56 bits per heavy atom. The lowest BCUT2D eigenvalue weighted by molar-refractivity contribution is -0.122. The summed E-state index contributed by atoms with van der Waals surface area (Å²) in [7, 11) is 0. The first-order valence-corrected chi connectivity index (χ1v) is 8.89. The zero-order valence-corrected chi connectivity index (χ0v) is 15.6. The third-order valence-electron chi connectivity index (χ3n) is 3.16. The normalized spacial score (nSPS) is 12.3. The number of rotatable bonds is 5. The summed E-state index contributed by atoms with van der Waals surface area (Å²) in [5.74, 6) is -0.290. The first-order chi connectivity index (χ1) is 11.7. The molecule has 0 spiro atoms. The van der Waals surface area contributed by atoms with Crippen LogP contribution >= 0.6 is 11.3 Å². The molecule has 6 nitrogen and oxygen atoms in total. The van der Waals surface area contributed by atoms with Crippen LogP contribution in [0.4, 0.5) is 4.79 Å². The van der Waals surface area contributed by atoms with Crippen molar-refractivity contribution in [1.82, 2.24) is 15.6 Å². The zero-order valence-electron chi connectivity index (χ0n) is 14.8. The summed E-state index contributed by atoms with van der Waals surface area (Å²) in [4.78, 5) is 28.3. The maximum atomic E-state index is 12.1. The van der Waals surface area contributed by atoms with Crippen molar-refractivity contribution in [3.8, 4) is 11.3 Å². The number of hydrogen-bond acceptors (Lipinski definition) is 5. The van der Waals surface area contributed by atoms with Crippen LogP contribution in [0.2, 0.25) is 0 Å². The molecule has 0 unspecified atom stereocenters. The molecular weight excluding hydrogens is 338 g/mol. The number of alkyl carbamates (subject to hydrolysis) is 1. The molecule has 0 saturated carbocycles. The lowest BCUT2D eigenvalue weighted by Gasteiger charge is -2.21. The summed E-state index contributed by atoms with van der Waals surface area (Å²) < 4.78 is 5.13.